The summed E-state index contributed by atoms with van der Waals surface area (Å²) in [7, 11) is -3.15. The van der Waals surface area contributed by atoms with E-state index < -0.39 is 9.84 Å². The van der Waals surface area contributed by atoms with Gasteiger partial charge in [0.2, 0.25) is 0 Å². The fourth-order valence-corrected chi connectivity index (χ4v) is 4.40. The van der Waals surface area contributed by atoms with Gasteiger partial charge in [-0.1, -0.05) is 19.8 Å². The van der Waals surface area contributed by atoms with E-state index in [4.69, 9.17) is 0 Å². The van der Waals surface area contributed by atoms with Crippen LogP contribution in [0.2, 0.25) is 0 Å². The molecule has 21 heavy (non-hydrogen) atoms. The first-order valence-electron chi connectivity index (χ1n) is 7.79. The lowest BCUT2D eigenvalue weighted by atomic mass is 10.1. The summed E-state index contributed by atoms with van der Waals surface area (Å²) in [6, 6.07) is 7.60. The second-order valence-corrected chi connectivity index (χ2v) is 7.78. The predicted molar refractivity (Wildman–Crippen MR) is 85.5 cm³/mol. The SMILES string of the molecule is CCCS(=O)(=O)c1ccc(N(CCO)C2CCCC2)cc1. The monoisotopic (exact) mass is 311 g/mol. The highest BCUT2D eigenvalue weighted by atomic mass is 32.2. The summed E-state index contributed by atoms with van der Waals surface area (Å²) in [6.45, 7) is 2.59. The zero-order valence-corrected chi connectivity index (χ0v) is 13.5. The molecule has 0 bridgehead atoms. The summed E-state index contributed by atoms with van der Waals surface area (Å²) in [6.07, 6.45) is 5.39. The van der Waals surface area contributed by atoms with Gasteiger partial charge in [0.15, 0.2) is 9.84 Å². The summed E-state index contributed by atoms with van der Waals surface area (Å²) in [5, 5.41) is 9.27. The van der Waals surface area contributed by atoms with Gasteiger partial charge in [0.05, 0.1) is 17.3 Å². The van der Waals surface area contributed by atoms with Crippen molar-refractivity contribution in [3.05, 3.63) is 24.3 Å². The van der Waals surface area contributed by atoms with Crippen molar-refractivity contribution < 1.29 is 13.5 Å². The van der Waals surface area contributed by atoms with Gasteiger partial charge in [0, 0.05) is 18.3 Å². The van der Waals surface area contributed by atoms with Crippen molar-refractivity contribution >= 4 is 15.5 Å². The van der Waals surface area contributed by atoms with E-state index in [-0.39, 0.29) is 12.4 Å². The molecule has 0 spiro atoms. The average molecular weight is 311 g/mol. The Kier molecular flexibility index (Phi) is 5.65. The molecule has 0 heterocycles. The molecule has 0 unspecified atom stereocenters. The molecule has 1 fully saturated rings. The molecule has 0 aromatic heterocycles. The van der Waals surface area contributed by atoms with Crippen molar-refractivity contribution in [1.29, 1.82) is 0 Å². The van der Waals surface area contributed by atoms with Crippen LogP contribution in [-0.2, 0) is 9.84 Å². The third kappa shape index (κ3) is 3.98. The summed E-state index contributed by atoms with van der Waals surface area (Å²) in [4.78, 5) is 2.60. The number of nitrogens with zero attached hydrogens (tertiary/aromatic N) is 1. The maximum atomic E-state index is 12.0. The van der Waals surface area contributed by atoms with E-state index >= 15 is 0 Å². The minimum atomic E-state index is -3.15. The van der Waals surface area contributed by atoms with Crippen LogP contribution in [0.5, 0.6) is 0 Å². The smallest absolute Gasteiger partial charge is 0.178 e. The number of hydrogen-bond acceptors (Lipinski definition) is 4. The Balaban J connectivity index is 2.19. The maximum Gasteiger partial charge on any atom is 0.178 e. The molecular formula is C16H25NO3S. The van der Waals surface area contributed by atoms with Gasteiger partial charge in [-0.2, -0.15) is 0 Å². The van der Waals surface area contributed by atoms with E-state index in [0.717, 1.165) is 18.5 Å². The molecule has 2 rings (SSSR count). The molecule has 0 saturated heterocycles. The molecule has 1 aliphatic carbocycles. The Morgan fingerprint density at radius 2 is 1.81 bits per heavy atom. The van der Waals surface area contributed by atoms with Crippen LogP contribution >= 0.6 is 0 Å². The van der Waals surface area contributed by atoms with Crippen molar-refractivity contribution in [1.82, 2.24) is 0 Å². The number of hydrogen-bond donors (Lipinski definition) is 1. The van der Waals surface area contributed by atoms with Crippen LogP contribution in [0.1, 0.15) is 39.0 Å². The van der Waals surface area contributed by atoms with Crippen LogP contribution < -0.4 is 4.90 Å². The lowest BCUT2D eigenvalue weighted by Gasteiger charge is -2.30. The Bertz CT molecular complexity index is 533. The first kappa shape index (κ1) is 16.3. The third-order valence-electron chi connectivity index (χ3n) is 4.11. The fourth-order valence-electron chi connectivity index (χ4n) is 3.08. The van der Waals surface area contributed by atoms with Crippen molar-refractivity contribution in [3.63, 3.8) is 0 Å². The zero-order valence-electron chi connectivity index (χ0n) is 12.7. The molecule has 1 aliphatic rings. The highest BCUT2D eigenvalue weighted by molar-refractivity contribution is 7.91. The minimum absolute atomic E-state index is 0.117. The quantitative estimate of drug-likeness (QED) is 0.841. The average Bonchev–Trinajstić information content (AvgIpc) is 2.99. The Morgan fingerprint density at radius 1 is 1.19 bits per heavy atom. The van der Waals surface area contributed by atoms with E-state index in [1.165, 1.54) is 12.8 Å². The summed E-state index contributed by atoms with van der Waals surface area (Å²) < 4.78 is 24.1. The van der Waals surface area contributed by atoms with Crippen molar-refractivity contribution in [2.45, 2.75) is 50.0 Å². The van der Waals surface area contributed by atoms with Crippen LogP contribution in [0.3, 0.4) is 0 Å². The normalized spacial score (nSPS) is 16.3. The largest absolute Gasteiger partial charge is 0.395 e. The molecule has 1 N–H and O–H groups in total. The number of aliphatic hydroxyl groups excluding tert-OH is 1. The van der Waals surface area contributed by atoms with Crippen LogP contribution in [0, 0.1) is 0 Å². The van der Waals surface area contributed by atoms with Gasteiger partial charge in [-0.25, -0.2) is 8.42 Å². The summed E-state index contributed by atoms with van der Waals surface area (Å²) in [5.74, 6) is 0.190. The minimum Gasteiger partial charge on any atom is -0.395 e. The number of anilines is 1. The molecule has 1 aromatic rings. The van der Waals surface area contributed by atoms with Crippen LogP contribution in [0.15, 0.2) is 29.2 Å². The third-order valence-corrected chi connectivity index (χ3v) is 6.04. The van der Waals surface area contributed by atoms with Gasteiger partial charge in [-0.15, -0.1) is 0 Å². The number of sulfone groups is 1. The number of rotatable bonds is 7. The molecule has 0 aliphatic heterocycles. The number of aliphatic hydroxyl groups is 1. The van der Waals surface area contributed by atoms with Gasteiger partial charge >= 0.3 is 0 Å². The van der Waals surface area contributed by atoms with Gasteiger partial charge < -0.3 is 10.0 Å². The van der Waals surface area contributed by atoms with Crippen LogP contribution in [0.25, 0.3) is 0 Å². The Labute approximate surface area is 127 Å². The molecule has 0 atom stereocenters. The van der Waals surface area contributed by atoms with Crippen LogP contribution in [-0.4, -0.2) is 38.5 Å². The van der Waals surface area contributed by atoms with E-state index in [1.54, 1.807) is 12.1 Å². The molecule has 5 heteroatoms. The Hall–Kier alpha value is -1.07. The lowest BCUT2D eigenvalue weighted by Crippen LogP contribution is -2.35. The van der Waals surface area contributed by atoms with Crippen molar-refractivity contribution in [3.8, 4) is 0 Å². The van der Waals surface area contributed by atoms with E-state index in [9.17, 15) is 13.5 Å². The molecule has 118 valence electrons. The molecular weight excluding hydrogens is 286 g/mol. The van der Waals surface area contributed by atoms with Gasteiger partial charge in [-0.05, 0) is 43.5 Å². The first-order valence-corrected chi connectivity index (χ1v) is 9.44. The van der Waals surface area contributed by atoms with Gasteiger partial charge in [-0.3, -0.25) is 0 Å². The zero-order chi connectivity index (χ0) is 15.3. The maximum absolute atomic E-state index is 12.0. The summed E-state index contributed by atoms with van der Waals surface area (Å²) >= 11 is 0. The Morgan fingerprint density at radius 3 is 2.33 bits per heavy atom. The fraction of sp³-hybridized carbons (Fsp3) is 0.625. The predicted octanol–water partition coefficient (Wildman–Crippen LogP) is 2.61. The van der Waals surface area contributed by atoms with Crippen molar-refractivity contribution in [2.75, 3.05) is 23.8 Å². The molecule has 1 saturated carbocycles. The first-order chi connectivity index (χ1) is 10.1. The lowest BCUT2D eigenvalue weighted by molar-refractivity contribution is 0.297. The van der Waals surface area contributed by atoms with E-state index in [1.807, 2.05) is 19.1 Å². The van der Waals surface area contributed by atoms with Gasteiger partial charge in [0.25, 0.3) is 0 Å². The molecule has 0 radical (unpaired) electrons. The van der Waals surface area contributed by atoms with Crippen molar-refractivity contribution in [2.24, 2.45) is 0 Å². The standard InChI is InChI=1S/C16H25NO3S/c1-2-13-21(19,20)16-9-7-15(8-10-16)17(11-12-18)14-5-3-4-6-14/h7-10,14,18H,2-6,11-13H2,1H3. The molecule has 1 aromatic carbocycles. The number of benzene rings is 1. The van der Waals surface area contributed by atoms with E-state index in [0.29, 0.717) is 23.9 Å². The second-order valence-electron chi connectivity index (χ2n) is 5.67. The van der Waals surface area contributed by atoms with E-state index in [2.05, 4.69) is 4.90 Å². The second kappa shape index (κ2) is 7.27. The highest BCUT2D eigenvalue weighted by Gasteiger charge is 2.23. The highest BCUT2D eigenvalue weighted by Crippen LogP contribution is 2.28. The topological polar surface area (TPSA) is 57.6 Å². The van der Waals surface area contributed by atoms with Gasteiger partial charge in [0.1, 0.15) is 0 Å². The molecule has 4 nitrogen and oxygen atoms in total. The molecule has 0 amide bonds. The summed E-state index contributed by atoms with van der Waals surface area (Å²) in [5.41, 5.74) is 1.01. The van der Waals surface area contributed by atoms with Crippen LogP contribution in [0.4, 0.5) is 5.69 Å².